The Balaban J connectivity index is 0.00000312. The SMILES string of the molecule is CCNC(=NCc1ccccc1-n1ccnc1)NCCCOCC.I. The van der Waals surface area contributed by atoms with Gasteiger partial charge in [0, 0.05) is 38.7 Å². The lowest BCUT2D eigenvalue weighted by molar-refractivity contribution is 0.145. The maximum atomic E-state index is 5.35. The van der Waals surface area contributed by atoms with Crippen LogP contribution < -0.4 is 10.6 Å². The lowest BCUT2D eigenvalue weighted by Gasteiger charge is -2.12. The molecule has 0 fully saturated rings. The molecule has 0 unspecified atom stereocenters. The highest BCUT2D eigenvalue weighted by molar-refractivity contribution is 14.0. The van der Waals surface area contributed by atoms with Crippen molar-refractivity contribution in [2.75, 3.05) is 26.3 Å². The molecule has 0 spiro atoms. The molecule has 6 nitrogen and oxygen atoms in total. The maximum Gasteiger partial charge on any atom is 0.191 e. The van der Waals surface area contributed by atoms with E-state index in [9.17, 15) is 0 Å². The van der Waals surface area contributed by atoms with E-state index in [1.54, 1.807) is 12.5 Å². The third kappa shape index (κ3) is 7.43. The molecule has 0 radical (unpaired) electrons. The van der Waals surface area contributed by atoms with Gasteiger partial charge in [0.25, 0.3) is 0 Å². The molecule has 2 rings (SSSR count). The summed E-state index contributed by atoms with van der Waals surface area (Å²) >= 11 is 0. The zero-order valence-corrected chi connectivity index (χ0v) is 17.3. The summed E-state index contributed by atoms with van der Waals surface area (Å²) in [5, 5.41) is 6.62. The summed E-state index contributed by atoms with van der Waals surface area (Å²) in [6.45, 7) is 7.89. The first-order chi connectivity index (χ1) is 11.8. The molecular formula is C18H28IN5O. The highest BCUT2D eigenvalue weighted by Crippen LogP contribution is 2.14. The van der Waals surface area contributed by atoms with E-state index in [1.165, 1.54) is 0 Å². The van der Waals surface area contributed by atoms with Crippen molar-refractivity contribution in [2.45, 2.75) is 26.8 Å². The van der Waals surface area contributed by atoms with E-state index in [1.807, 2.05) is 29.8 Å². The molecule has 0 aliphatic carbocycles. The Kier molecular flexibility index (Phi) is 10.9. The zero-order chi connectivity index (χ0) is 17.0. The average molecular weight is 457 g/mol. The van der Waals surface area contributed by atoms with Crippen molar-refractivity contribution >= 4 is 29.9 Å². The lowest BCUT2D eigenvalue weighted by Crippen LogP contribution is -2.38. The molecule has 25 heavy (non-hydrogen) atoms. The first-order valence-electron chi connectivity index (χ1n) is 8.51. The van der Waals surface area contributed by atoms with Crippen LogP contribution in [-0.4, -0.2) is 41.8 Å². The second kappa shape index (κ2) is 12.7. The number of aliphatic imine (C=N–C) groups is 1. The summed E-state index contributed by atoms with van der Waals surface area (Å²) in [6.07, 6.45) is 6.49. The van der Waals surface area contributed by atoms with Crippen LogP contribution in [0.25, 0.3) is 5.69 Å². The smallest absolute Gasteiger partial charge is 0.191 e. The fraction of sp³-hybridized carbons (Fsp3) is 0.444. The number of nitrogens with one attached hydrogen (secondary N) is 2. The van der Waals surface area contributed by atoms with Crippen molar-refractivity contribution in [1.82, 2.24) is 20.2 Å². The standard InChI is InChI=1S/C18H27N5O.HI/c1-3-20-18(21-10-7-13-24-4-2)22-14-16-8-5-6-9-17(16)23-12-11-19-15-23;/h5-6,8-9,11-12,15H,3-4,7,10,13-14H2,1-2H3,(H2,20,21,22);1H. The van der Waals surface area contributed by atoms with Gasteiger partial charge >= 0.3 is 0 Å². The molecule has 0 bridgehead atoms. The first-order valence-corrected chi connectivity index (χ1v) is 8.51. The van der Waals surface area contributed by atoms with Gasteiger partial charge in [0.1, 0.15) is 0 Å². The second-order valence-electron chi connectivity index (χ2n) is 5.27. The number of ether oxygens (including phenoxy) is 1. The quantitative estimate of drug-likeness (QED) is 0.263. The van der Waals surface area contributed by atoms with E-state index >= 15 is 0 Å². The normalized spacial score (nSPS) is 11.0. The van der Waals surface area contributed by atoms with Crippen LogP contribution in [0.4, 0.5) is 0 Å². The van der Waals surface area contributed by atoms with Crippen LogP contribution in [-0.2, 0) is 11.3 Å². The molecule has 7 heteroatoms. The lowest BCUT2D eigenvalue weighted by atomic mass is 10.2. The van der Waals surface area contributed by atoms with E-state index in [-0.39, 0.29) is 24.0 Å². The molecule has 1 heterocycles. The monoisotopic (exact) mass is 457 g/mol. The van der Waals surface area contributed by atoms with Gasteiger partial charge in [-0.1, -0.05) is 18.2 Å². The number of para-hydroxylation sites is 1. The van der Waals surface area contributed by atoms with Crippen LogP contribution in [0, 0.1) is 0 Å². The predicted octanol–water partition coefficient (Wildman–Crippen LogP) is 2.97. The fourth-order valence-electron chi connectivity index (χ4n) is 2.33. The van der Waals surface area contributed by atoms with Gasteiger partial charge in [0.15, 0.2) is 5.96 Å². The Bertz CT molecular complexity index is 616. The van der Waals surface area contributed by atoms with Crippen molar-refractivity contribution in [2.24, 2.45) is 4.99 Å². The summed E-state index contributed by atoms with van der Waals surface area (Å²) in [5.74, 6) is 0.828. The molecule has 0 saturated heterocycles. The van der Waals surface area contributed by atoms with Gasteiger partial charge in [-0.25, -0.2) is 9.98 Å². The molecule has 2 N–H and O–H groups in total. The topological polar surface area (TPSA) is 63.5 Å². The Hall–Kier alpha value is -1.61. The molecule has 0 aliphatic heterocycles. The van der Waals surface area contributed by atoms with Crippen LogP contribution >= 0.6 is 24.0 Å². The van der Waals surface area contributed by atoms with Gasteiger partial charge < -0.3 is 19.9 Å². The van der Waals surface area contributed by atoms with E-state index < -0.39 is 0 Å². The van der Waals surface area contributed by atoms with E-state index in [0.717, 1.165) is 49.9 Å². The number of rotatable bonds is 9. The van der Waals surface area contributed by atoms with Gasteiger partial charge in [-0.3, -0.25) is 0 Å². The van der Waals surface area contributed by atoms with E-state index in [0.29, 0.717) is 6.54 Å². The summed E-state index contributed by atoms with van der Waals surface area (Å²) in [6, 6.07) is 8.24. The van der Waals surface area contributed by atoms with Crippen molar-refractivity contribution in [3.8, 4) is 5.69 Å². The summed E-state index contributed by atoms with van der Waals surface area (Å²) < 4.78 is 7.36. The Morgan fingerprint density at radius 1 is 1.24 bits per heavy atom. The van der Waals surface area contributed by atoms with Gasteiger partial charge in [-0.05, 0) is 31.9 Å². The summed E-state index contributed by atoms with van der Waals surface area (Å²) in [4.78, 5) is 8.81. The molecule has 1 aromatic carbocycles. The van der Waals surface area contributed by atoms with Gasteiger partial charge in [0.2, 0.25) is 0 Å². The van der Waals surface area contributed by atoms with Crippen molar-refractivity contribution in [3.63, 3.8) is 0 Å². The van der Waals surface area contributed by atoms with Crippen LogP contribution in [0.2, 0.25) is 0 Å². The number of hydrogen-bond acceptors (Lipinski definition) is 3. The largest absolute Gasteiger partial charge is 0.382 e. The number of hydrogen-bond donors (Lipinski definition) is 2. The number of guanidine groups is 1. The Morgan fingerprint density at radius 3 is 2.80 bits per heavy atom. The summed E-state index contributed by atoms with van der Waals surface area (Å²) in [5.41, 5.74) is 2.26. The van der Waals surface area contributed by atoms with Gasteiger partial charge in [-0.15, -0.1) is 24.0 Å². The van der Waals surface area contributed by atoms with Crippen LogP contribution in [0.1, 0.15) is 25.8 Å². The van der Waals surface area contributed by atoms with Gasteiger partial charge in [-0.2, -0.15) is 0 Å². The van der Waals surface area contributed by atoms with Crippen molar-refractivity contribution < 1.29 is 4.74 Å². The Morgan fingerprint density at radius 2 is 2.08 bits per heavy atom. The third-order valence-electron chi connectivity index (χ3n) is 3.49. The molecule has 138 valence electrons. The van der Waals surface area contributed by atoms with Crippen molar-refractivity contribution in [1.29, 1.82) is 0 Å². The van der Waals surface area contributed by atoms with Gasteiger partial charge in [0.05, 0.1) is 18.6 Å². The molecule has 0 amide bonds. The molecule has 0 saturated carbocycles. The molecule has 2 aromatic rings. The number of halogens is 1. The number of imidazole rings is 1. The first kappa shape index (κ1) is 21.4. The highest BCUT2D eigenvalue weighted by Gasteiger charge is 2.04. The number of nitrogens with zero attached hydrogens (tertiary/aromatic N) is 3. The minimum absolute atomic E-state index is 0. The van der Waals surface area contributed by atoms with E-state index in [4.69, 9.17) is 9.73 Å². The zero-order valence-electron chi connectivity index (χ0n) is 14.9. The predicted molar refractivity (Wildman–Crippen MR) is 113 cm³/mol. The van der Waals surface area contributed by atoms with Crippen molar-refractivity contribution in [3.05, 3.63) is 48.5 Å². The molecule has 0 aliphatic rings. The van der Waals surface area contributed by atoms with Crippen LogP contribution in [0.5, 0.6) is 0 Å². The Labute approximate surface area is 167 Å². The van der Waals surface area contributed by atoms with Crippen LogP contribution in [0.3, 0.4) is 0 Å². The highest BCUT2D eigenvalue weighted by atomic mass is 127. The number of aromatic nitrogens is 2. The van der Waals surface area contributed by atoms with E-state index in [2.05, 4.69) is 34.7 Å². The fourth-order valence-corrected chi connectivity index (χ4v) is 2.33. The average Bonchev–Trinajstić information content (AvgIpc) is 3.14. The number of benzene rings is 1. The molecule has 0 atom stereocenters. The molecular weight excluding hydrogens is 429 g/mol. The van der Waals surface area contributed by atoms with Crippen LogP contribution in [0.15, 0.2) is 48.0 Å². The minimum atomic E-state index is 0. The maximum absolute atomic E-state index is 5.35. The second-order valence-corrected chi connectivity index (χ2v) is 5.27. The molecule has 1 aromatic heterocycles. The summed E-state index contributed by atoms with van der Waals surface area (Å²) in [7, 11) is 0. The minimum Gasteiger partial charge on any atom is -0.382 e. The third-order valence-corrected chi connectivity index (χ3v) is 3.49.